The van der Waals surface area contributed by atoms with Crippen LogP contribution >= 0.6 is 0 Å². The first kappa shape index (κ1) is 5.04. The largest absolute Gasteiger partial charge is 0.0590 e. The second kappa shape index (κ2) is 2.22. The summed E-state index contributed by atoms with van der Waals surface area (Å²) in [6.07, 6.45) is 0. The molecule has 0 unspecified atom stereocenters. The van der Waals surface area contributed by atoms with E-state index in [4.69, 9.17) is 1.37 Å². The average molecular weight is 121 g/mol. The molecule has 48 valence electrons. The van der Waals surface area contributed by atoms with E-state index >= 15 is 0 Å². The predicted molar refractivity (Wildman–Crippen MR) is 40.7 cm³/mol. The van der Waals surface area contributed by atoms with E-state index in [1.807, 2.05) is 6.07 Å². The van der Waals surface area contributed by atoms with Gasteiger partial charge in [-0.15, -0.1) is 0 Å². The zero-order valence-electron chi connectivity index (χ0n) is 6.94. The van der Waals surface area contributed by atoms with Gasteiger partial charge in [-0.2, -0.15) is 0 Å². The van der Waals surface area contributed by atoms with Crippen LogP contribution in [0.3, 0.4) is 0 Å². The fourth-order valence-electron chi connectivity index (χ4n) is 0.846. The van der Waals surface area contributed by atoms with Crippen molar-refractivity contribution in [3.05, 3.63) is 34.9 Å². The first-order valence-corrected chi connectivity index (χ1v) is 3.09. The van der Waals surface area contributed by atoms with Crippen molar-refractivity contribution >= 4 is 0 Å². The van der Waals surface area contributed by atoms with Gasteiger partial charge in [-0.1, -0.05) is 23.8 Å². The Morgan fingerprint density at radius 1 is 1.22 bits per heavy atom. The summed E-state index contributed by atoms with van der Waals surface area (Å²) >= 11 is 0. The molecule has 0 spiro atoms. The highest BCUT2D eigenvalue weighted by atomic mass is 13.9. The number of aryl methyl sites for hydroxylation is 3. The molecule has 1 aromatic carbocycles. The highest BCUT2D eigenvalue weighted by Gasteiger charge is 1.89. The van der Waals surface area contributed by atoms with Gasteiger partial charge in [0.05, 0.1) is 0 Å². The number of rotatable bonds is 0. The molecule has 0 saturated carbocycles. The van der Waals surface area contributed by atoms with Gasteiger partial charge in [-0.3, -0.25) is 0 Å². The van der Waals surface area contributed by atoms with Crippen LogP contribution < -0.4 is 0 Å². The minimum absolute atomic E-state index is 0.395. The monoisotopic (exact) mass is 121 g/mol. The topological polar surface area (TPSA) is 0 Å². The smallest absolute Gasteiger partial charge is 0.0280 e. The van der Waals surface area contributed by atoms with Crippen LogP contribution in [0.15, 0.2) is 18.2 Å². The molecule has 0 amide bonds. The van der Waals surface area contributed by atoms with Gasteiger partial charge in [0, 0.05) is 1.37 Å². The minimum Gasteiger partial charge on any atom is -0.0590 e. The van der Waals surface area contributed by atoms with E-state index in [1.54, 1.807) is 0 Å². The van der Waals surface area contributed by atoms with Crippen LogP contribution in [0.5, 0.6) is 0 Å². The lowest BCUT2D eigenvalue weighted by molar-refractivity contribution is 1.30. The van der Waals surface area contributed by atoms with E-state index in [2.05, 4.69) is 26.0 Å². The van der Waals surface area contributed by atoms with E-state index in [9.17, 15) is 0 Å². The third-order valence-electron chi connectivity index (χ3n) is 1.50. The van der Waals surface area contributed by atoms with Crippen LogP contribution in [0.4, 0.5) is 0 Å². The van der Waals surface area contributed by atoms with E-state index in [1.165, 1.54) is 11.1 Å². The van der Waals surface area contributed by atoms with Crippen LogP contribution in [-0.2, 0) is 0 Å². The Bertz CT molecular complexity index is 228. The second-order valence-electron chi connectivity index (χ2n) is 2.43. The van der Waals surface area contributed by atoms with E-state index < -0.39 is 0 Å². The van der Waals surface area contributed by atoms with Gasteiger partial charge in [-0.05, 0) is 31.9 Å². The summed E-state index contributed by atoms with van der Waals surface area (Å²) in [6, 6.07) is 6.19. The molecule has 0 saturated heterocycles. The summed E-state index contributed by atoms with van der Waals surface area (Å²) < 4.78 is 7.16. The molecule has 0 N–H and O–H groups in total. The maximum absolute atomic E-state index is 7.16. The molecule has 0 fully saturated rings. The summed E-state index contributed by atoms with van der Waals surface area (Å²) in [4.78, 5) is 0. The molecule has 0 heteroatoms. The van der Waals surface area contributed by atoms with Crippen molar-refractivity contribution in [3.63, 3.8) is 0 Å². The van der Waals surface area contributed by atoms with Gasteiger partial charge in [0.15, 0.2) is 0 Å². The molecule has 9 heavy (non-hydrogen) atoms. The van der Waals surface area contributed by atoms with Gasteiger partial charge >= 0.3 is 0 Å². The van der Waals surface area contributed by atoms with Crippen molar-refractivity contribution in [3.8, 4) is 0 Å². The fourth-order valence-corrected chi connectivity index (χ4v) is 0.846. The molecule has 0 nitrogen and oxygen atoms in total. The molecular formula is C9H12. The van der Waals surface area contributed by atoms with Gasteiger partial charge in [0.25, 0.3) is 0 Å². The van der Waals surface area contributed by atoms with E-state index in [-0.39, 0.29) is 0 Å². The van der Waals surface area contributed by atoms with Gasteiger partial charge in [-0.25, -0.2) is 0 Å². The average Bonchev–Trinajstić information content (AvgIpc) is 1.88. The minimum atomic E-state index is 0.395. The van der Waals surface area contributed by atoms with Crippen LogP contribution in [0.1, 0.15) is 18.1 Å². The quantitative estimate of drug-likeness (QED) is 0.495. The lowest BCUT2D eigenvalue weighted by Gasteiger charge is -1.98. The molecule has 0 aromatic heterocycles. The summed E-state index contributed by atoms with van der Waals surface area (Å²) in [5.41, 5.74) is 3.63. The fraction of sp³-hybridized carbons (Fsp3) is 0.333. The Kier molecular flexibility index (Phi) is 1.24. The van der Waals surface area contributed by atoms with Crippen LogP contribution in [0.2, 0.25) is 0 Å². The van der Waals surface area contributed by atoms with E-state index in [0.717, 1.165) is 5.56 Å². The molecule has 0 aliphatic carbocycles. The van der Waals surface area contributed by atoms with Gasteiger partial charge in [0.1, 0.15) is 0 Å². The third kappa shape index (κ3) is 1.32. The standard InChI is InChI=1S/C9H12/c1-7-4-5-8(2)9(3)6-7/h4-6H,1-3H3/i2D. The molecule has 0 heterocycles. The summed E-state index contributed by atoms with van der Waals surface area (Å²) in [5.74, 6) is 0. The summed E-state index contributed by atoms with van der Waals surface area (Å²) in [5, 5.41) is 0. The van der Waals surface area contributed by atoms with Crippen molar-refractivity contribution in [2.45, 2.75) is 20.7 Å². The van der Waals surface area contributed by atoms with Crippen LogP contribution in [0.25, 0.3) is 0 Å². The number of hydrogen-bond acceptors (Lipinski definition) is 0. The van der Waals surface area contributed by atoms with Crippen molar-refractivity contribution in [1.82, 2.24) is 0 Å². The molecule has 0 atom stereocenters. The number of hydrogen-bond donors (Lipinski definition) is 0. The predicted octanol–water partition coefficient (Wildman–Crippen LogP) is 2.61. The lowest BCUT2D eigenvalue weighted by atomic mass is 10.1. The van der Waals surface area contributed by atoms with Crippen molar-refractivity contribution in [2.24, 2.45) is 0 Å². The molecule has 1 aromatic rings. The second-order valence-corrected chi connectivity index (χ2v) is 2.43. The Labute approximate surface area is 57.9 Å². The van der Waals surface area contributed by atoms with Gasteiger partial charge < -0.3 is 0 Å². The maximum atomic E-state index is 7.16. The maximum Gasteiger partial charge on any atom is 0.0280 e. The van der Waals surface area contributed by atoms with Crippen LogP contribution in [0, 0.1) is 20.7 Å². The highest BCUT2D eigenvalue weighted by molar-refractivity contribution is 5.28. The van der Waals surface area contributed by atoms with Crippen molar-refractivity contribution in [1.29, 1.82) is 0 Å². The zero-order chi connectivity index (χ0) is 7.56. The van der Waals surface area contributed by atoms with E-state index in [0.29, 0.717) is 6.90 Å². The number of benzene rings is 1. The normalized spacial score (nSPS) is 11.1. The molecular weight excluding hydrogens is 108 g/mol. The Balaban J connectivity index is 3.07. The van der Waals surface area contributed by atoms with Crippen LogP contribution in [-0.4, -0.2) is 0 Å². The Hall–Kier alpha value is -0.780. The lowest BCUT2D eigenvalue weighted by Crippen LogP contribution is -1.79. The first-order valence-electron chi connectivity index (χ1n) is 3.80. The molecule has 1 rings (SSSR count). The van der Waals surface area contributed by atoms with Crippen molar-refractivity contribution in [2.75, 3.05) is 0 Å². The molecule has 0 bridgehead atoms. The Morgan fingerprint density at radius 2 is 2.00 bits per heavy atom. The third-order valence-corrected chi connectivity index (χ3v) is 1.50. The van der Waals surface area contributed by atoms with Crippen molar-refractivity contribution < 1.29 is 1.37 Å². The zero-order valence-corrected chi connectivity index (χ0v) is 5.94. The molecule has 0 aliphatic rings. The first-order chi connectivity index (χ1) is 4.74. The molecule has 0 radical (unpaired) electrons. The molecule has 0 aliphatic heterocycles. The summed E-state index contributed by atoms with van der Waals surface area (Å²) in [7, 11) is 0. The highest BCUT2D eigenvalue weighted by Crippen LogP contribution is 2.07. The summed E-state index contributed by atoms with van der Waals surface area (Å²) in [6.45, 7) is 4.52. The Morgan fingerprint density at radius 3 is 2.56 bits per heavy atom. The SMILES string of the molecule is [2H]Cc1ccc(C)cc1C. The van der Waals surface area contributed by atoms with Gasteiger partial charge in [0.2, 0.25) is 0 Å².